The van der Waals surface area contributed by atoms with Crippen molar-refractivity contribution in [2.45, 2.75) is 33.2 Å². The lowest BCUT2D eigenvalue weighted by molar-refractivity contribution is 0.0971. The number of carbonyl (C=O) groups is 1. The highest BCUT2D eigenvalue weighted by Crippen LogP contribution is 2.42. The Morgan fingerprint density at radius 3 is 2.38 bits per heavy atom. The van der Waals surface area contributed by atoms with Crippen molar-refractivity contribution in [2.24, 2.45) is 0 Å². The smallest absolute Gasteiger partial charge is 0.295 e. The number of anilines is 1. The van der Waals surface area contributed by atoms with Crippen molar-refractivity contribution in [3.8, 4) is 0 Å². The van der Waals surface area contributed by atoms with Gasteiger partial charge in [0.1, 0.15) is 5.58 Å². The topological polar surface area (TPSA) is 50.5 Å². The molecule has 0 spiro atoms. The molecule has 160 valence electrons. The lowest BCUT2D eigenvalue weighted by Crippen LogP contribution is -2.29. The van der Waals surface area contributed by atoms with Crippen molar-refractivity contribution in [2.75, 3.05) is 4.90 Å². The van der Waals surface area contributed by atoms with Crippen molar-refractivity contribution in [1.29, 1.82) is 0 Å². The van der Waals surface area contributed by atoms with Crippen LogP contribution in [0.4, 0.5) is 5.69 Å². The number of hydrogen-bond donors (Lipinski definition) is 0. The molecule has 0 bridgehead atoms. The van der Waals surface area contributed by atoms with E-state index < -0.39 is 6.04 Å². The summed E-state index contributed by atoms with van der Waals surface area (Å²) in [6.07, 6.45) is 0.910. The zero-order valence-electron chi connectivity index (χ0n) is 18.1. The van der Waals surface area contributed by atoms with Gasteiger partial charge in [0.25, 0.3) is 5.91 Å². The van der Waals surface area contributed by atoms with Crippen molar-refractivity contribution >= 4 is 38.5 Å². The van der Waals surface area contributed by atoms with E-state index in [1.165, 1.54) is 5.56 Å². The van der Waals surface area contributed by atoms with Crippen LogP contribution in [-0.2, 0) is 6.42 Å². The first-order valence-corrected chi connectivity index (χ1v) is 11.4. The summed E-state index contributed by atoms with van der Waals surface area (Å²) >= 11 is 3.53. The number of benzene rings is 3. The van der Waals surface area contributed by atoms with E-state index in [4.69, 9.17) is 4.42 Å². The summed E-state index contributed by atoms with van der Waals surface area (Å²) in [4.78, 5) is 29.1. The third-order valence-electron chi connectivity index (χ3n) is 6.27. The highest BCUT2D eigenvalue weighted by molar-refractivity contribution is 9.10. The molecule has 0 aliphatic carbocycles. The first-order valence-electron chi connectivity index (χ1n) is 10.6. The Hall–Kier alpha value is -3.18. The van der Waals surface area contributed by atoms with Crippen LogP contribution in [0, 0.1) is 13.8 Å². The maximum Gasteiger partial charge on any atom is 0.295 e. The Labute approximate surface area is 194 Å². The van der Waals surface area contributed by atoms with Crippen LogP contribution in [0.3, 0.4) is 0 Å². The van der Waals surface area contributed by atoms with E-state index in [1.807, 2.05) is 74.5 Å². The van der Waals surface area contributed by atoms with Gasteiger partial charge in [-0.25, -0.2) is 0 Å². The number of rotatable bonds is 3. The van der Waals surface area contributed by atoms with Crippen LogP contribution >= 0.6 is 15.9 Å². The lowest BCUT2D eigenvalue weighted by atomic mass is 9.97. The molecule has 32 heavy (non-hydrogen) atoms. The predicted molar refractivity (Wildman–Crippen MR) is 131 cm³/mol. The SMILES string of the molecule is CCc1ccc(N2C(=O)c3oc4cc(C)c(C)cc4c(=O)c3C2c2cccc(Br)c2)cc1. The van der Waals surface area contributed by atoms with Crippen molar-refractivity contribution in [3.63, 3.8) is 0 Å². The number of aryl methyl sites for hydroxylation is 3. The van der Waals surface area contributed by atoms with Gasteiger partial charge in [0.15, 0.2) is 5.43 Å². The van der Waals surface area contributed by atoms with E-state index in [0.29, 0.717) is 16.5 Å². The van der Waals surface area contributed by atoms with Crippen LogP contribution in [0.5, 0.6) is 0 Å². The number of halogens is 1. The second-order valence-corrected chi connectivity index (χ2v) is 9.17. The summed E-state index contributed by atoms with van der Waals surface area (Å²) in [6.45, 7) is 6.03. The van der Waals surface area contributed by atoms with Crippen molar-refractivity contribution in [1.82, 2.24) is 0 Å². The van der Waals surface area contributed by atoms with Crippen molar-refractivity contribution < 1.29 is 9.21 Å². The van der Waals surface area contributed by atoms with Crippen LogP contribution in [0.25, 0.3) is 11.0 Å². The monoisotopic (exact) mass is 487 g/mol. The van der Waals surface area contributed by atoms with Gasteiger partial charge in [-0.05, 0) is 78.9 Å². The Bertz CT molecular complexity index is 1440. The molecule has 1 aliphatic rings. The molecular weight excluding hydrogens is 466 g/mol. The van der Waals surface area contributed by atoms with Crippen LogP contribution in [-0.4, -0.2) is 5.91 Å². The predicted octanol–water partition coefficient (Wildman–Crippen LogP) is 6.48. The molecule has 3 aromatic carbocycles. The molecule has 1 unspecified atom stereocenters. The van der Waals surface area contributed by atoms with E-state index in [9.17, 15) is 9.59 Å². The van der Waals surface area contributed by atoms with Gasteiger partial charge in [-0.3, -0.25) is 14.5 Å². The van der Waals surface area contributed by atoms with Gasteiger partial charge in [-0.2, -0.15) is 0 Å². The average molecular weight is 488 g/mol. The van der Waals surface area contributed by atoms with E-state index in [-0.39, 0.29) is 17.1 Å². The minimum absolute atomic E-state index is 0.121. The van der Waals surface area contributed by atoms with Gasteiger partial charge < -0.3 is 4.42 Å². The van der Waals surface area contributed by atoms with E-state index in [2.05, 4.69) is 22.9 Å². The van der Waals surface area contributed by atoms with E-state index in [1.54, 1.807) is 4.90 Å². The summed E-state index contributed by atoms with van der Waals surface area (Å²) in [5.41, 5.74) is 5.48. The molecule has 1 atom stereocenters. The molecule has 0 saturated heterocycles. The highest BCUT2D eigenvalue weighted by Gasteiger charge is 2.43. The largest absolute Gasteiger partial charge is 0.450 e. The van der Waals surface area contributed by atoms with Gasteiger partial charge >= 0.3 is 0 Å². The Morgan fingerprint density at radius 1 is 0.969 bits per heavy atom. The Morgan fingerprint density at radius 2 is 1.69 bits per heavy atom. The minimum atomic E-state index is -0.565. The molecule has 1 aliphatic heterocycles. The molecule has 2 heterocycles. The molecule has 4 nitrogen and oxygen atoms in total. The second-order valence-electron chi connectivity index (χ2n) is 8.26. The number of nitrogens with zero attached hydrogens (tertiary/aromatic N) is 1. The minimum Gasteiger partial charge on any atom is -0.450 e. The fourth-order valence-corrected chi connectivity index (χ4v) is 4.80. The Kier molecular flexibility index (Phi) is 5.01. The standard InChI is InChI=1S/C27H22BrNO3/c1-4-17-8-10-20(11-9-17)29-24(18-6-5-7-19(28)14-18)23-25(30)21-12-15(2)16(3)13-22(21)32-26(23)27(29)31/h5-14,24H,4H2,1-3H3. The second kappa shape index (κ2) is 7.75. The molecule has 1 aromatic heterocycles. The zero-order valence-corrected chi connectivity index (χ0v) is 19.7. The molecule has 5 heteroatoms. The summed E-state index contributed by atoms with van der Waals surface area (Å²) in [7, 11) is 0. The first kappa shape index (κ1) is 20.7. The zero-order chi connectivity index (χ0) is 22.6. The van der Waals surface area contributed by atoms with Crippen LogP contribution in [0.2, 0.25) is 0 Å². The average Bonchev–Trinajstić information content (AvgIpc) is 3.08. The first-order chi connectivity index (χ1) is 15.4. The highest BCUT2D eigenvalue weighted by atomic mass is 79.9. The molecule has 0 radical (unpaired) electrons. The van der Waals surface area contributed by atoms with Gasteiger partial charge in [-0.15, -0.1) is 0 Å². The maximum atomic E-state index is 13.7. The number of fused-ring (bicyclic) bond motifs is 2. The summed E-state index contributed by atoms with van der Waals surface area (Å²) in [5, 5.41) is 0.503. The maximum absolute atomic E-state index is 13.7. The Balaban J connectivity index is 1.80. The summed E-state index contributed by atoms with van der Waals surface area (Å²) < 4.78 is 6.99. The molecular formula is C27H22BrNO3. The fourth-order valence-electron chi connectivity index (χ4n) is 4.38. The number of hydrogen-bond acceptors (Lipinski definition) is 3. The normalized spacial score (nSPS) is 15.4. The number of amides is 1. The molecule has 0 fully saturated rings. The molecule has 5 rings (SSSR count). The van der Waals surface area contributed by atoms with Gasteiger partial charge in [0, 0.05) is 10.2 Å². The van der Waals surface area contributed by atoms with Crippen LogP contribution < -0.4 is 10.3 Å². The molecule has 4 aromatic rings. The molecule has 0 N–H and O–H groups in total. The summed E-state index contributed by atoms with van der Waals surface area (Å²) in [6, 6.07) is 18.8. The number of carbonyl (C=O) groups excluding carboxylic acids is 1. The van der Waals surface area contributed by atoms with Crippen LogP contribution in [0.1, 0.15) is 51.3 Å². The van der Waals surface area contributed by atoms with Crippen LogP contribution in [0.15, 0.2) is 74.3 Å². The third kappa shape index (κ3) is 3.19. The van der Waals surface area contributed by atoms with E-state index in [0.717, 1.165) is 33.3 Å². The lowest BCUT2D eigenvalue weighted by Gasteiger charge is -2.25. The fraction of sp³-hybridized carbons (Fsp3) is 0.185. The van der Waals surface area contributed by atoms with Gasteiger partial charge in [-0.1, -0.05) is 47.1 Å². The van der Waals surface area contributed by atoms with Crippen molar-refractivity contribution in [3.05, 3.63) is 109 Å². The van der Waals surface area contributed by atoms with Gasteiger partial charge in [0.2, 0.25) is 5.76 Å². The molecule has 0 saturated carbocycles. The van der Waals surface area contributed by atoms with E-state index >= 15 is 0 Å². The molecule has 1 amide bonds. The van der Waals surface area contributed by atoms with Gasteiger partial charge in [0.05, 0.1) is 17.0 Å². The summed E-state index contributed by atoms with van der Waals surface area (Å²) in [5.74, 6) is -0.179. The quantitative estimate of drug-likeness (QED) is 0.332. The third-order valence-corrected chi connectivity index (χ3v) is 6.77.